The van der Waals surface area contributed by atoms with E-state index in [9.17, 15) is 12.8 Å². The molecule has 2 aromatic rings. The largest absolute Gasteiger partial charge is 0.316 e. The van der Waals surface area contributed by atoms with E-state index in [1.807, 2.05) is 7.05 Å². The van der Waals surface area contributed by atoms with Gasteiger partial charge in [0.15, 0.2) is 0 Å². The summed E-state index contributed by atoms with van der Waals surface area (Å²) in [5, 5.41) is 3.00. The summed E-state index contributed by atoms with van der Waals surface area (Å²) in [4.78, 5) is 0.212. The minimum atomic E-state index is -3.56. The highest BCUT2D eigenvalue weighted by atomic mass is 32.2. The average Bonchev–Trinajstić information content (AvgIpc) is 2.48. The van der Waals surface area contributed by atoms with Crippen LogP contribution in [0, 0.1) is 5.82 Å². The number of halogens is 1. The first-order chi connectivity index (χ1) is 10.0. The predicted molar refractivity (Wildman–Crippen MR) is 79.6 cm³/mol. The maximum absolute atomic E-state index is 12.8. The van der Waals surface area contributed by atoms with E-state index in [0.717, 1.165) is 5.56 Å². The molecule has 0 fully saturated rings. The van der Waals surface area contributed by atoms with Crippen LogP contribution in [-0.2, 0) is 23.1 Å². The monoisotopic (exact) mass is 308 g/mol. The third-order valence-electron chi connectivity index (χ3n) is 2.99. The summed E-state index contributed by atoms with van der Waals surface area (Å²) in [5.74, 6) is -0.346. The Morgan fingerprint density at radius 3 is 2.00 bits per heavy atom. The molecular formula is C15H17FN2O2S. The van der Waals surface area contributed by atoms with Gasteiger partial charge < -0.3 is 5.32 Å². The Bertz CT molecular complexity index is 683. The molecule has 2 aromatic carbocycles. The lowest BCUT2D eigenvalue weighted by Gasteiger charge is -2.08. The van der Waals surface area contributed by atoms with Crippen LogP contribution in [0.1, 0.15) is 11.1 Å². The number of hydrogen-bond acceptors (Lipinski definition) is 3. The second-order valence-corrected chi connectivity index (χ2v) is 6.39. The van der Waals surface area contributed by atoms with Crippen molar-refractivity contribution in [3.05, 3.63) is 65.5 Å². The van der Waals surface area contributed by atoms with Crippen molar-refractivity contribution in [1.82, 2.24) is 10.0 Å². The molecule has 0 spiro atoms. The van der Waals surface area contributed by atoms with E-state index in [1.165, 1.54) is 12.1 Å². The fraction of sp³-hybridized carbons (Fsp3) is 0.200. The molecular weight excluding hydrogens is 291 g/mol. The first kappa shape index (κ1) is 15.6. The molecule has 0 aliphatic rings. The van der Waals surface area contributed by atoms with Crippen LogP contribution in [0.4, 0.5) is 4.39 Å². The molecule has 0 aliphatic heterocycles. The molecule has 0 aliphatic carbocycles. The van der Waals surface area contributed by atoms with E-state index in [-0.39, 0.29) is 17.3 Å². The van der Waals surface area contributed by atoms with Crippen molar-refractivity contribution < 1.29 is 12.8 Å². The van der Waals surface area contributed by atoms with Gasteiger partial charge in [-0.2, -0.15) is 0 Å². The van der Waals surface area contributed by atoms with Crippen molar-refractivity contribution >= 4 is 10.0 Å². The summed E-state index contributed by atoms with van der Waals surface area (Å²) in [6.45, 7) is 0.810. The zero-order valence-corrected chi connectivity index (χ0v) is 12.5. The molecule has 4 nitrogen and oxygen atoms in total. The van der Waals surface area contributed by atoms with E-state index in [1.54, 1.807) is 36.4 Å². The molecule has 0 amide bonds. The zero-order chi connectivity index (χ0) is 15.3. The molecule has 6 heteroatoms. The highest BCUT2D eigenvalue weighted by Crippen LogP contribution is 2.11. The summed E-state index contributed by atoms with van der Waals surface area (Å²) in [5.41, 5.74) is 1.71. The predicted octanol–water partition coefficient (Wildman–Crippen LogP) is 2.02. The Morgan fingerprint density at radius 2 is 1.43 bits per heavy atom. The van der Waals surface area contributed by atoms with Crippen molar-refractivity contribution in [2.75, 3.05) is 7.05 Å². The molecule has 112 valence electrons. The number of sulfonamides is 1. The van der Waals surface area contributed by atoms with E-state index < -0.39 is 10.0 Å². The zero-order valence-electron chi connectivity index (χ0n) is 11.6. The van der Waals surface area contributed by atoms with Crippen LogP contribution < -0.4 is 10.0 Å². The second-order valence-electron chi connectivity index (χ2n) is 4.63. The summed E-state index contributed by atoms with van der Waals surface area (Å²) < 4.78 is 39.6. The topological polar surface area (TPSA) is 58.2 Å². The maximum Gasteiger partial charge on any atom is 0.240 e. The molecule has 0 radical (unpaired) electrons. The number of rotatable bonds is 6. The van der Waals surface area contributed by atoms with Gasteiger partial charge in [0.25, 0.3) is 0 Å². The van der Waals surface area contributed by atoms with Gasteiger partial charge in [-0.15, -0.1) is 0 Å². The van der Waals surface area contributed by atoms with Gasteiger partial charge in [-0.3, -0.25) is 0 Å². The third kappa shape index (κ3) is 4.35. The molecule has 2 rings (SSSR count). The summed E-state index contributed by atoms with van der Waals surface area (Å²) in [6.07, 6.45) is 0. The Labute approximate surface area is 124 Å². The molecule has 0 saturated heterocycles. The summed E-state index contributed by atoms with van der Waals surface area (Å²) in [6, 6.07) is 12.4. The Kier molecular flexibility index (Phi) is 5.06. The first-order valence-electron chi connectivity index (χ1n) is 6.49. The van der Waals surface area contributed by atoms with Crippen LogP contribution in [0.3, 0.4) is 0 Å². The van der Waals surface area contributed by atoms with Gasteiger partial charge in [0.1, 0.15) is 5.82 Å². The van der Waals surface area contributed by atoms with E-state index >= 15 is 0 Å². The van der Waals surface area contributed by atoms with Crippen molar-refractivity contribution in [3.8, 4) is 0 Å². The molecule has 0 aromatic heterocycles. The lowest BCUT2D eigenvalue weighted by Crippen LogP contribution is -2.23. The average molecular weight is 308 g/mol. The quantitative estimate of drug-likeness (QED) is 0.858. The van der Waals surface area contributed by atoms with Crippen LogP contribution in [0.5, 0.6) is 0 Å². The van der Waals surface area contributed by atoms with Gasteiger partial charge in [-0.1, -0.05) is 24.3 Å². The third-order valence-corrected chi connectivity index (χ3v) is 4.41. The van der Waals surface area contributed by atoms with Crippen LogP contribution >= 0.6 is 0 Å². The van der Waals surface area contributed by atoms with Gasteiger partial charge in [0, 0.05) is 13.1 Å². The number of hydrogen-bond donors (Lipinski definition) is 2. The van der Waals surface area contributed by atoms with Gasteiger partial charge in [0.05, 0.1) is 4.90 Å². The smallest absolute Gasteiger partial charge is 0.240 e. The molecule has 0 unspecified atom stereocenters. The Hall–Kier alpha value is -1.76. The number of benzene rings is 2. The van der Waals surface area contributed by atoms with E-state index in [0.29, 0.717) is 12.1 Å². The summed E-state index contributed by atoms with van der Waals surface area (Å²) in [7, 11) is -1.74. The molecule has 0 atom stereocenters. The number of nitrogens with one attached hydrogen (secondary N) is 2. The lowest BCUT2D eigenvalue weighted by atomic mass is 10.2. The Morgan fingerprint density at radius 1 is 0.905 bits per heavy atom. The minimum absolute atomic E-state index is 0.126. The van der Waals surface area contributed by atoms with Crippen LogP contribution in [0.2, 0.25) is 0 Å². The Balaban J connectivity index is 2.05. The second kappa shape index (κ2) is 6.80. The molecule has 0 heterocycles. The lowest BCUT2D eigenvalue weighted by molar-refractivity contribution is 0.581. The van der Waals surface area contributed by atoms with Gasteiger partial charge in [-0.05, 0) is 42.4 Å². The fourth-order valence-electron chi connectivity index (χ4n) is 1.85. The molecule has 2 N–H and O–H groups in total. The molecule has 0 bridgehead atoms. The fourth-order valence-corrected chi connectivity index (χ4v) is 2.87. The van der Waals surface area contributed by atoms with Crippen molar-refractivity contribution in [1.29, 1.82) is 0 Å². The van der Waals surface area contributed by atoms with Crippen molar-refractivity contribution in [2.24, 2.45) is 0 Å². The SMILES string of the molecule is CNCc1ccc(S(=O)(=O)NCc2ccc(F)cc2)cc1. The summed E-state index contributed by atoms with van der Waals surface area (Å²) >= 11 is 0. The molecule has 21 heavy (non-hydrogen) atoms. The van der Waals surface area contributed by atoms with Gasteiger partial charge in [0.2, 0.25) is 10.0 Å². The van der Waals surface area contributed by atoms with Gasteiger partial charge >= 0.3 is 0 Å². The van der Waals surface area contributed by atoms with Crippen LogP contribution in [-0.4, -0.2) is 15.5 Å². The van der Waals surface area contributed by atoms with E-state index in [4.69, 9.17) is 0 Å². The highest BCUT2D eigenvalue weighted by Gasteiger charge is 2.13. The standard InChI is InChI=1S/C15H17FN2O2S/c1-17-10-12-4-8-15(9-5-12)21(19,20)18-11-13-2-6-14(16)7-3-13/h2-9,17-18H,10-11H2,1H3. The maximum atomic E-state index is 12.8. The normalized spacial score (nSPS) is 11.5. The van der Waals surface area contributed by atoms with Crippen molar-refractivity contribution in [3.63, 3.8) is 0 Å². The van der Waals surface area contributed by atoms with E-state index in [2.05, 4.69) is 10.0 Å². The van der Waals surface area contributed by atoms with Crippen LogP contribution in [0.15, 0.2) is 53.4 Å². The first-order valence-corrected chi connectivity index (χ1v) is 7.97. The highest BCUT2D eigenvalue weighted by molar-refractivity contribution is 7.89. The van der Waals surface area contributed by atoms with Crippen LogP contribution in [0.25, 0.3) is 0 Å². The minimum Gasteiger partial charge on any atom is -0.316 e. The molecule has 0 saturated carbocycles. The van der Waals surface area contributed by atoms with Gasteiger partial charge in [-0.25, -0.2) is 17.5 Å². The van der Waals surface area contributed by atoms with Crippen molar-refractivity contribution in [2.45, 2.75) is 18.0 Å².